The van der Waals surface area contributed by atoms with E-state index in [9.17, 15) is 4.79 Å². The molecule has 0 saturated heterocycles. The zero-order valence-electron chi connectivity index (χ0n) is 21.2. The van der Waals surface area contributed by atoms with Gasteiger partial charge in [-0.3, -0.25) is 9.69 Å². The topological polar surface area (TPSA) is 51.9 Å². The summed E-state index contributed by atoms with van der Waals surface area (Å²) in [7, 11) is 0. The van der Waals surface area contributed by atoms with Crippen LogP contribution in [0, 0.1) is 6.92 Å². The van der Waals surface area contributed by atoms with Crippen molar-refractivity contribution in [2.24, 2.45) is 0 Å². The van der Waals surface area contributed by atoms with Crippen molar-refractivity contribution in [3.8, 4) is 22.6 Å². The monoisotopic (exact) mass is 481 g/mol. The molecule has 0 saturated carbocycles. The summed E-state index contributed by atoms with van der Waals surface area (Å²) < 4.78 is 18.1. The number of carbonyl (C=O) groups is 1. The molecule has 0 radical (unpaired) electrons. The van der Waals surface area contributed by atoms with Crippen LogP contribution in [0.4, 0.5) is 0 Å². The Morgan fingerprint density at radius 2 is 1.75 bits per heavy atom. The van der Waals surface area contributed by atoms with Crippen LogP contribution < -0.4 is 9.47 Å². The highest BCUT2D eigenvalue weighted by atomic mass is 16.5. The summed E-state index contributed by atoms with van der Waals surface area (Å²) in [5, 5.41) is 0.897. The number of hydrogen-bond acceptors (Lipinski definition) is 5. The van der Waals surface area contributed by atoms with Gasteiger partial charge in [0.25, 0.3) is 0 Å². The van der Waals surface area contributed by atoms with Gasteiger partial charge in [0.2, 0.25) is 5.78 Å². The highest BCUT2D eigenvalue weighted by Gasteiger charge is 2.25. The van der Waals surface area contributed by atoms with Crippen molar-refractivity contribution in [1.29, 1.82) is 0 Å². The van der Waals surface area contributed by atoms with Gasteiger partial charge in [0.15, 0.2) is 5.76 Å². The molecular formula is C31H31NO4. The summed E-state index contributed by atoms with van der Waals surface area (Å²) in [4.78, 5) is 15.9. The van der Waals surface area contributed by atoms with E-state index in [1.165, 1.54) is 0 Å². The minimum absolute atomic E-state index is 0.0288. The number of rotatable bonds is 8. The zero-order chi connectivity index (χ0) is 25.2. The number of ketones is 1. The summed E-state index contributed by atoms with van der Waals surface area (Å²) >= 11 is 0. The molecule has 184 valence electrons. The number of ether oxygens (including phenoxy) is 2. The molecule has 1 aliphatic heterocycles. The van der Waals surface area contributed by atoms with Crippen molar-refractivity contribution < 1.29 is 18.7 Å². The van der Waals surface area contributed by atoms with Gasteiger partial charge in [-0.15, -0.1) is 0 Å². The van der Waals surface area contributed by atoms with E-state index in [4.69, 9.17) is 13.9 Å². The Morgan fingerprint density at radius 3 is 2.44 bits per heavy atom. The number of carbonyl (C=O) groups excluding carboxylic acids is 1. The lowest BCUT2D eigenvalue weighted by molar-refractivity contribution is 0.0481. The van der Waals surface area contributed by atoms with Crippen LogP contribution in [0.2, 0.25) is 0 Å². The second-order valence-corrected chi connectivity index (χ2v) is 9.11. The number of allylic oxidation sites excluding steroid dienone is 1. The fourth-order valence-corrected chi connectivity index (χ4v) is 4.73. The van der Waals surface area contributed by atoms with Gasteiger partial charge < -0.3 is 13.9 Å². The van der Waals surface area contributed by atoms with Gasteiger partial charge in [0.05, 0.1) is 6.26 Å². The summed E-state index contributed by atoms with van der Waals surface area (Å²) in [6, 6.07) is 19.4. The van der Waals surface area contributed by atoms with E-state index in [0.717, 1.165) is 58.6 Å². The van der Waals surface area contributed by atoms with Crippen molar-refractivity contribution >= 4 is 16.8 Å². The Balaban J connectivity index is 1.58. The molecule has 4 aromatic rings. The average Bonchev–Trinajstić information content (AvgIpc) is 3.26. The van der Waals surface area contributed by atoms with E-state index in [0.29, 0.717) is 16.9 Å². The van der Waals surface area contributed by atoms with Crippen molar-refractivity contribution in [2.75, 3.05) is 13.1 Å². The number of aryl methyl sites for hydroxylation is 1. The normalized spacial score (nSPS) is 13.5. The van der Waals surface area contributed by atoms with E-state index in [-0.39, 0.29) is 12.0 Å². The molecule has 1 unspecified atom stereocenters. The molecule has 0 aliphatic carbocycles. The van der Waals surface area contributed by atoms with Crippen LogP contribution in [-0.2, 0) is 6.42 Å². The van der Waals surface area contributed by atoms with Crippen LogP contribution in [0.5, 0.6) is 11.5 Å². The lowest BCUT2D eigenvalue weighted by Crippen LogP contribution is -2.36. The second-order valence-electron chi connectivity index (χ2n) is 9.11. The van der Waals surface area contributed by atoms with Crippen LogP contribution >= 0.6 is 0 Å². The number of furan rings is 1. The summed E-state index contributed by atoms with van der Waals surface area (Å²) in [5.74, 6) is 1.73. The molecule has 0 fully saturated rings. The van der Waals surface area contributed by atoms with E-state index in [1.54, 1.807) is 6.26 Å². The Kier molecular flexibility index (Phi) is 6.66. The summed E-state index contributed by atoms with van der Waals surface area (Å²) in [5.41, 5.74) is 5.08. The van der Waals surface area contributed by atoms with E-state index in [2.05, 4.69) is 31.7 Å². The minimum atomic E-state index is -0.145. The Labute approximate surface area is 211 Å². The maximum absolute atomic E-state index is 13.6. The first-order valence-electron chi connectivity index (χ1n) is 12.5. The highest BCUT2D eigenvalue weighted by molar-refractivity contribution is 6.15. The summed E-state index contributed by atoms with van der Waals surface area (Å²) in [6.45, 7) is 10.2. The van der Waals surface area contributed by atoms with Crippen LogP contribution in [0.3, 0.4) is 0 Å². The molecule has 5 rings (SSSR count). The maximum atomic E-state index is 13.6. The number of fused-ring (bicyclic) bond motifs is 2. The SMILES string of the molecule is CCN(CC)C(C)Oc1ccc(-c2c(C(=O)c3ccc(C)cc3)oc3cc4c(cc23)CC=CO4)cc1. The lowest BCUT2D eigenvalue weighted by atomic mass is 9.96. The van der Waals surface area contributed by atoms with Gasteiger partial charge in [-0.25, -0.2) is 0 Å². The maximum Gasteiger partial charge on any atom is 0.228 e. The van der Waals surface area contributed by atoms with Crippen LogP contribution in [0.15, 0.2) is 77.4 Å². The molecule has 3 aromatic carbocycles. The third-order valence-electron chi connectivity index (χ3n) is 6.80. The Bertz CT molecular complexity index is 1410. The quantitative estimate of drug-likeness (QED) is 0.197. The molecule has 36 heavy (non-hydrogen) atoms. The van der Waals surface area contributed by atoms with E-state index < -0.39 is 0 Å². The molecule has 0 amide bonds. The number of hydrogen-bond donors (Lipinski definition) is 0. The van der Waals surface area contributed by atoms with Gasteiger partial charge in [-0.05, 0) is 68.8 Å². The molecular weight excluding hydrogens is 450 g/mol. The fourth-order valence-electron chi connectivity index (χ4n) is 4.73. The first-order valence-corrected chi connectivity index (χ1v) is 12.5. The van der Waals surface area contributed by atoms with Crippen molar-refractivity contribution in [3.05, 3.63) is 95.5 Å². The van der Waals surface area contributed by atoms with Gasteiger partial charge >= 0.3 is 0 Å². The molecule has 1 aliphatic rings. The predicted molar refractivity (Wildman–Crippen MR) is 143 cm³/mol. The van der Waals surface area contributed by atoms with Gasteiger partial charge in [-0.2, -0.15) is 0 Å². The zero-order valence-corrected chi connectivity index (χ0v) is 21.2. The predicted octanol–water partition coefficient (Wildman–Crippen LogP) is 7.15. The van der Waals surface area contributed by atoms with Crippen molar-refractivity contribution in [3.63, 3.8) is 0 Å². The highest BCUT2D eigenvalue weighted by Crippen LogP contribution is 2.40. The Morgan fingerprint density at radius 1 is 1.03 bits per heavy atom. The summed E-state index contributed by atoms with van der Waals surface area (Å²) in [6.07, 6.45) is 4.41. The van der Waals surface area contributed by atoms with Crippen molar-refractivity contribution in [2.45, 2.75) is 40.3 Å². The molecule has 0 spiro atoms. The molecule has 5 nitrogen and oxygen atoms in total. The average molecular weight is 482 g/mol. The lowest BCUT2D eigenvalue weighted by Gasteiger charge is -2.26. The molecule has 0 N–H and O–H groups in total. The molecule has 1 aromatic heterocycles. The number of nitrogens with zero attached hydrogens (tertiary/aromatic N) is 1. The smallest absolute Gasteiger partial charge is 0.228 e. The Hall–Kier alpha value is -3.83. The van der Waals surface area contributed by atoms with E-state index in [1.807, 2.05) is 67.6 Å². The van der Waals surface area contributed by atoms with Crippen LogP contribution in [0.1, 0.15) is 48.0 Å². The minimum Gasteiger partial charge on any atom is -0.475 e. The van der Waals surface area contributed by atoms with Crippen LogP contribution in [-0.4, -0.2) is 30.0 Å². The number of benzene rings is 3. The van der Waals surface area contributed by atoms with Gasteiger partial charge in [0, 0.05) is 22.6 Å². The van der Waals surface area contributed by atoms with Gasteiger partial charge in [-0.1, -0.05) is 55.8 Å². The third-order valence-corrected chi connectivity index (χ3v) is 6.80. The fraction of sp³-hybridized carbons (Fsp3) is 0.258. The van der Waals surface area contributed by atoms with Gasteiger partial charge in [0.1, 0.15) is 23.3 Å². The molecule has 5 heteroatoms. The first-order chi connectivity index (χ1) is 17.5. The first kappa shape index (κ1) is 23.9. The third kappa shape index (κ3) is 4.54. The second kappa shape index (κ2) is 10.0. The van der Waals surface area contributed by atoms with Crippen molar-refractivity contribution in [1.82, 2.24) is 4.90 Å². The molecule has 0 bridgehead atoms. The van der Waals surface area contributed by atoms with Crippen LogP contribution in [0.25, 0.3) is 22.1 Å². The van der Waals surface area contributed by atoms with E-state index >= 15 is 0 Å². The molecule has 2 heterocycles. The standard InChI is InChI=1S/C31H31NO4/c1-5-32(6-2)21(4)35-25-15-13-22(14-16-25)29-26-18-24-8-7-17-34-27(24)19-28(26)36-31(29)30(33)23-11-9-20(3)10-12-23/h7,9-19,21H,5-6,8H2,1-4H3. The molecule has 1 atom stereocenters. The largest absolute Gasteiger partial charge is 0.475 e.